The summed E-state index contributed by atoms with van der Waals surface area (Å²) in [5, 5.41) is 3.33. The van der Waals surface area contributed by atoms with Gasteiger partial charge >= 0.3 is 0 Å². The van der Waals surface area contributed by atoms with Gasteiger partial charge in [-0.15, -0.1) is 0 Å². The van der Waals surface area contributed by atoms with E-state index in [0.717, 1.165) is 28.2 Å². The van der Waals surface area contributed by atoms with Gasteiger partial charge in [0.2, 0.25) is 6.79 Å². The van der Waals surface area contributed by atoms with Gasteiger partial charge in [0.25, 0.3) is 0 Å². The summed E-state index contributed by atoms with van der Waals surface area (Å²) in [6.07, 6.45) is 3.60. The van der Waals surface area contributed by atoms with Gasteiger partial charge in [-0.2, -0.15) is 0 Å². The molecule has 2 heterocycles. The summed E-state index contributed by atoms with van der Waals surface area (Å²) >= 11 is 0. The molecule has 27 heavy (non-hydrogen) atoms. The summed E-state index contributed by atoms with van der Waals surface area (Å²) in [6, 6.07) is 14.0. The molecule has 3 aromatic rings. The second kappa shape index (κ2) is 8.05. The molecular formula is C21H19FN2O3. The first-order valence-corrected chi connectivity index (χ1v) is 8.71. The third-order valence-electron chi connectivity index (χ3n) is 4.19. The Balaban J connectivity index is 1.26. The molecule has 0 spiro atoms. The van der Waals surface area contributed by atoms with Crippen molar-refractivity contribution in [1.82, 2.24) is 10.3 Å². The van der Waals surface area contributed by atoms with E-state index in [1.165, 1.54) is 12.1 Å². The van der Waals surface area contributed by atoms with Crippen molar-refractivity contribution in [3.63, 3.8) is 0 Å². The number of nitrogens with zero attached hydrogens (tertiary/aromatic N) is 1. The molecule has 5 nitrogen and oxygen atoms in total. The maximum atomic E-state index is 13.1. The fourth-order valence-corrected chi connectivity index (χ4v) is 2.82. The van der Waals surface area contributed by atoms with Crippen LogP contribution in [0.5, 0.6) is 17.2 Å². The zero-order valence-corrected chi connectivity index (χ0v) is 14.7. The molecule has 1 N–H and O–H groups in total. The number of rotatable bonds is 7. The van der Waals surface area contributed by atoms with Crippen molar-refractivity contribution in [2.75, 3.05) is 19.9 Å². The van der Waals surface area contributed by atoms with E-state index in [1.54, 1.807) is 18.3 Å². The van der Waals surface area contributed by atoms with Crippen molar-refractivity contribution in [2.45, 2.75) is 6.54 Å². The molecule has 0 bridgehead atoms. The standard InChI is InChI=1S/C21H19FN2O3/c22-18-3-1-16(2-4-18)17-9-15(12-24-13-17)11-23-7-8-25-19-5-6-20-21(10-19)27-14-26-20/h1-6,9-10,12-13,23H,7-8,11,14H2. The summed E-state index contributed by atoms with van der Waals surface area (Å²) in [6.45, 7) is 2.15. The number of benzene rings is 2. The number of ether oxygens (including phenoxy) is 3. The monoisotopic (exact) mass is 366 g/mol. The lowest BCUT2D eigenvalue weighted by atomic mass is 10.1. The summed E-state index contributed by atoms with van der Waals surface area (Å²) < 4.78 is 29.4. The van der Waals surface area contributed by atoms with E-state index in [2.05, 4.69) is 10.3 Å². The SMILES string of the molecule is Fc1ccc(-c2cncc(CNCCOc3ccc4c(c3)OCO4)c2)cc1. The molecule has 6 heteroatoms. The average Bonchev–Trinajstić information content (AvgIpc) is 3.16. The topological polar surface area (TPSA) is 52.6 Å². The van der Waals surface area contributed by atoms with Gasteiger partial charge in [-0.1, -0.05) is 12.1 Å². The van der Waals surface area contributed by atoms with Crippen LogP contribution in [0.25, 0.3) is 11.1 Å². The smallest absolute Gasteiger partial charge is 0.231 e. The van der Waals surface area contributed by atoms with Gasteiger partial charge in [0, 0.05) is 37.1 Å². The molecule has 2 aromatic carbocycles. The van der Waals surface area contributed by atoms with Crippen molar-refractivity contribution >= 4 is 0 Å². The molecule has 0 saturated heterocycles. The van der Waals surface area contributed by atoms with Crippen LogP contribution < -0.4 is 19.5 Å². The molecule has 0 fully saturated rings. The lowest BCUT2D eigenvalue weighted by Crippen LogP contribution is -2.20. The second-order valence-electron chi connectivity index (χ2n) is 6.13. The first-order chi connectivity index (χ1) is 13.3. The van der Waals surface area contributed by atoms with Gasteiger partial charge in [0.1, 0.15) is 18.2 Å². The van der Waals surface area contributed by atoms with Crippen molar-refractivity contribution in [2.24, 2.45) is 0 Å². The van der Waals surface area contributed by atoms with Crippen LogP contribution >= 0.6 is 0 Å². The van der Waals surface area contributed by atoms with Crippen LogP contribution in [0, 0.1) is 5.82 Å². The number of hydrogen-bond donors (Lipinski definition) is 1. The van der Waals surface area contributed by atoms with E-state index >= 15 is 0 Å². The second-order valence-corrected chi connectivity index (χ2v) is 6.13. The molecule has 0 saturated carbocycles. The fourth-order valence-electron chi connectivity index (χ4n) is 2.82. The molecule has 1 aliphatic heterocycles. The number of aromatic nitrogens is 1. The number of hydrogen-bond acceptors (Lipinski definition) is 5. The number of pyridine rings is 1. The Kier molecular flexibility index (Phi) is 5.16. The first-order valence-electron chi connectivity index (χ1n) is 8.71. The Labute approximate surface area is 156 Å². The molecule has 1 aliphatic rings. The largest absolute Gasteiger partial charge is 0.492 e. The van der Waals surface area contributed by atoms with E-state index in [1.807, 2.05) is 30.5 Å². The van der Waals surface area contributed by atoms with Crippen LogP contribution in [0.15, 0.2) is 60.9 Å². The highest BCUT2D eigenvalue weighted by atomic mass is 19.1. The summed E-state index contributed by atoms with van der Waals surface area (Å²) in [5.41, 5.74) is 2.96. The third kappa shape index (κ3) is 4.35. The average molecular weight is 366 g/mol. The Hall–Kier alpha value is -3.12. The fraction of sp³-hybridized carbons (Fsp3) is 0.190. The van der Waals surface area contributed by atoms with E-state index in [-0.39, 0.29) is 12.6 Å². The Bertz CT molecular complexity index is 916. The lowest BCUT2D eigenvalue weighted by Gasteiger charge is -2.09. The summed E-state index contributed by atoms with van der Waals surface area (Å²) in [7, 11) is 0. The zero-order chi connectivity index (χ0) is 18.5. The molecule has 138 valence electrons. The van der Waals surface area contributed by atoms with Crippen molar-refractivity contribution in [3.05, 3.63) is 72.3 Å². The van der Waals surface area contributed by atoms with Crippen LogP contribution in [0.4, 0.5) is 4.39 Å². The number of halogens is 1. The van der Waals surface area contributed by atoms with Gasteiger partial charge in [-0.05, 0) is 41.5 Å². The predicted octanol–water partition coefficient (Wildman–Crippen LogP) is 3.79. The Morgan fingerprint density at radius 1 is 0.963 bits per heavy atom. The number of nitrogens with one attached hydrogen (secondary N) is 1. The minimum absolute atomic E-state index is 0.244. The van der Waals surface area contributed by atoms with Crippen LogP contribution in [0.1, 0.15) is 5.56 Å². The maximum Gasteiger partial charge on any atom is 0.231 e. The van der Waals surface area contributed by atoms with Crippen LogP contribution in [0.2, 0.25) is 0 Å². The summed E-state index contributed by atoms with van der Waals surface area (Å²) in [4.78, 5) is 4.27. The van der Waals surface area contributed by atoms with Gasteiger partial charge in [0.15, 0.2) is 11.5 Å². The van der Waals surface area contributed by atoms with Gasteiger partial charge in [-0.25, -0.2) is 4.39 Å². The van der Waals surface area contributed by atoms with Crippen molar-refractivity contribution in [3.8, 4) is 28.4 Å². The van der Waals surface area contributed by atoms with Gasteiger partial charge in [-0.3, -0.25) is 4.98 Å². The highest BCUT2D eigenvalue weighted by Gasteiger charge is 2.13. The van der Waals surface area contributed by atoms with E-state index in [9.17, 15) is 4.39 Å². The quantitative estimate of drug-likeness (QED) is 0.645. The van der Waals surface area contributed by atoms with Crippen molar-refractivity contribution in [1.29, 1.82) is 0 Å². The summed E-state index contributed by atoms with van der Waals surface area (Å²) in [5.74, 6) is 1.96. The third-order valence-corrected chi connectivity index (χ3v) is 4.19. The zero-order valence-electron chi connectivity index (χ0n) is 14.7. The predicted molar refractivity (Wildman–Crippen MR) is 99.4 cm³/mol. The molecule has 0 unspecified atom stereocenters. The highest BCUT2D eigenvalue weighted by molar-refractivity contribution is 5.62. The molecule has 0 amide bonds. The lowest BCUT2D eigenvalue weighted by molar-refractivity contribution is 0.173. The van der Waals surface area contributed by atoms with Gasteiger partial charge in [0.05, 0.1) is 0 Å². The molecule has 0 radical (unpaired) electrons. The van der Waals surface area contributed by atoms with E-state index < -0.39 is 0 Å². The molecule has 4 rings (SSSR count). The first kappa shape index (κ1) is 17.3. The molecular weight excluding hydrogens is 347 g/mol. The number of fused-ring (bicyclic) bond motifs is 1. The van der Waals surface area contributed by atoms with E-state index in [0.29, 0.717) is 25.4 Å². The molecule has 0 aliphatic carbocycles. The van der Waals surface area contributed by atoms with Crippen LogP contribution in [0.3, 0.4) is 0 Å². The normalized spacial score (nSPS) is 12.2. The highest BCUT2D eigenvalue weighted by Crippen LogP contribution is 2.35. The maximum absolute atomic E-state index is 13.1. The minimum Gasteiger partial charge on any atom is -0.492 e. The van der Waals surface area contributed by atoms with Crippen molar-refractivity contribution < 1.29 is 18.6 Å². The molecule has 1 aromatic heterocycles. The Morgan fingerprint density at radius 3 is 2.70 bits per heavy atom. The molecule has 0 atom stereocenters. The van der Waals surface area contributed by atoms with Crippen LogP contribution in [-0.2, 0) is 6.54 Å². The van der Waals surface area contributed by atoms with Crippen LogP contribution in [-0.4, -0.2) is 24.9 Å². The van der Waals surface area contributed by atoms with E-state index in [4.69, 9.17) is 14.2 Å². The van der Waals surface area contributed by atoms with Gasteiger partial charge < -0.3 is 19.5 Å². The minimum atomic E-state index is -0.244. The Morgan fingerprint density at radius 2 is 1.81 bits per heavy atom.